The maximum atomic E-state index is 12.5. The summed E-state index contributed by atoms with van der Waals surface area (Å²) in [6, 6.07) is 3.87. The SMILES string of the molecule is CO/N=C1\C[C@@H](CCCC(=O)Nc2ncc(C)s2)C2C3CCc4cc(O)c(Cl)cc4C3CC[C@]12C. The van der Waals surface area contributed by atoms with Gasteiger partial charge in [-0.15, -0.1) is 11.3 Å². The van der Waals surface area contributed by atoms with Crippen molar-refractivity contribution >= 4 is 39.7 Å². The van der Waals surface area contributed by atoms with E-state index in [1.165, 1.54) is 28.2 Å². The number of amides is 1. The molecule has 1 aromatic heterocycles. The zero-order valence-corrected chi connectivity index (χ0v) is 22.2. The van der Waals surface area contributed by atoms with Crippen molar-refractivity contribution in [1.82, 2.24) is 4.98 Å². The molecule has 1 aromatic carbocycles. The highest BCUT2D eigenvalue weighted by molar-refractivity contribution is 7.15. The largest absolute Gasteiger partial charge is 0.506 e. The van der Waals surface area contributed by atoms with Gasteiger partial charge in [0.1, 0.15) is 12.9 Å². The highest BCUT2D eigenvalue weighted by atomic mass is 35.5. The number of benzene rings is 1. The summed E-state index contributed by atoms with van der Waals surface area (Å²) in [5, 5.41) is 18.7. The van der Waals surface area contributed by atoms with Gasteiger partial charge in [-0.1, -0.05) is 23.7 Å². The van der Waals surface area contributed by atoms with Gasteiger partial charge in [-0.3, -0.25) is 4.79 Å². The van der Waals surface area contributed by atoms with Crippen molar-refractivity contribution in [3.63, 3.8) is 0 Å². The number of nitrogens with zero attached hydrogens (tertiary/aromatic N) is 2. The van der Waals surface area contributed by atoms with Crippen molar-refractivity contribution < 1.29 is 14.7 Å². The molecule has 188 valence electrons. The molecule has 3 aliphatic rings. The van der Waals surface area contributed by atoms with Crippen LogP contribution in [0.25, 0.3) is 0 Å². The van der Waals surface area contributed by atoms with Gasteiger partial charge in [0.25, 0.3) is 0 Å². The van der Waals surface area contributed by atoms with Crippen LogP contribution in [0, 0.1) is 30.1 Å². The smallest absolute Gasteiger partial charge is 0.226 e. The molecule has 0 aliphatic heterocycles. The van der Waals surface area contributed by atoms with E-state index in [2.05, 4.69) is 22.4 Å². The highest BCUT2D eigenvalue weighted by Crippen LogP contribution is 2.62. The number of hydrogen-bond donors (Lipinski definition) is 2. The molecule has 3 aliphatic carbocycles. The Kier molecular flexibility index (Phi) is 6.83. The summed E-state index contributed by atoms with van der Waals surface area (Å²) < 4.78 is 0. The van der Waals surface area contributed by atoms with Crippen LogP contribution < -0.4 is 5.32 Å². The molecule has 0 saturated heterocycles. The fourth-order valence-corrected chi connectivity index (χ4v) is 8.15. The van der Waals surface area contributed by atoms with E-state index in [1.54, 1.807) is 13.3 Å². The van der Waals surface area contributed by atoms with Crippen LogP contribution in [0.1, 0.15) is 73.8 Å². The fourth-order valence-electron chi connectivity index (χ4n) is 7.30. The second-order valence-corrected chi connectivity index (χ2v) is 12.3. The third kappa shape index (κ3) is 4.57. The number of aryl methyl sites for hydroxylation is 2. The Morgan fingerprint density at radius 2 is 2.23 bits per heavy atom. The third-order valence-electron chi connectivity index (χ3n) is 8.71. The number of oxime groups is 1. The predicted octanol–water partition coefficient (Wildman–Crippen LogP) is 6.70. The van der Waals surface area contributed by atoms with Crippen LogP contribution in [-0.2, 0) is 16.1 Å². The van der Waals surface area contributed by atoms with Crippen LogP contribution in [-0.4, -0.2) is 28.8 Å². The van der Waals surface area contributed by atoms with E-state index >= 15 is 0 Å². The van der Waals surface area contributed by atoms with Crippen LogP contribution in [0.3, 0.4) is 0 Å². The Morgan fingerprint density at radius 1 is 1.40 bits per heavy atom. The Morgan fingerprint density at radius 3 is 2.97 bits per heavy atom. The number of halogens is 1. The number of fused-ring (bicyclic) bond motifs is 5. The monoisotopic (exact) mass is 515 g/mol. The molecule has 2 N–H and O–H groups in total. The van der Waals surface area contributed by atoms with E-state index in [9.17, 15) is 9.90 Å². The molecule has 3 unspecified atom stereocenters. The average Bonchev–Trinajstić information content (AvgIpc) is 3.35. The van der Waals surface area contributed by atoms with Crippen molar-refractivity contribution in [2.75, 3.05) is 12.4 Å². The number of phenolic OH excluding ortho intramolecular Hbond substituents is 1. The Balaban J connectivity index is 1.33. The fraction of sp³-hybridized carbons (Fsp3) is 0.593. The maximum Gasteiger partial charge on any atom is 0.226 e. The number of thiazole rings is 1. The summed E-state index contributed by atoms with van der Waals surface area (Å²) >= 11 is 7.84. The molecule has 1 heterocycles. The van der Waals surface area contributed by atoms with Crippen molar-refractivity contribution in [2.45, 2.75) is 71.1 Å². The van der Waals surface area contributed by atoms with E-state index in [1.807, 2.05) is 19.1 Å². The summed E-state index contributed by atoms with van der Waals surface area (Å²) in [5.74, 6) is 2.20. The second kappa shape index (κ2) is 9.74. The van der Waals surface area contributed by atoms with Gasteiger partial charge in [0.05, 0.1) is 10.7 Å². The van der Waals surface area contributed by atoms with Crippen molar-refractivity contribution in [2.24, 2.45) is 28.3 Å². The lowest BCUT2D eigenvalue weighted by atomic mass is 9.54. The zero-order chi connectivity index (χ0) is 24.7. The molecule has 5 atom stereocenters. The Hall–Kier alpha value is -2.12. The first-order valence-electron chi connectivity index (χ1n) is 12.6. The van der Waals surface area contributed by atoms with Crippen LogP contribution in [0.2, 0.25) is 5.02 Å². The van der Waals surface area contributed by atoms with Gasteiger partial charge in [0.2, 0.25) is 5.91 Å². The molecular weight excluding hydrogens is 482 g/mol. The van der Waals surface area contributed by atoms with Gasteiger partial charge >= 0.3 is 0 Å². The van der Waals surface area contributed by atoms with Crippen LogP contribution in [0.4, 0.5) is 5.13 Å². The van der Waals surface area contributed by atoms with E-state index in [0.717, 1.165) is 49.8 Å². The normalized spacial score (nSPS) is 30.5. The van der Waals surface area contributed by atoms with Gasteiger partial charge < -0.3 is 15.3 Å². The molecule has 2 saturated carbocycles. The summed E-state index contributed by atoms with van der Waals surface area (Å²) in [7, 11) is 1.64. The number of nitrogens with one attached hydrogen (secondary N) is 1. The molecule has 2 aromatic rings. The lowest BCUT2D eigenvalue weighted by molar-refractivity contribution is -0.116. The molecule has 0 radical (unpaired) electrons. The van der Waals surface area contributed by atoms with Gasteiger partial charge in [-0.2, -0.15) is 0 Å². The summed E-state index contributed by atoms with van der Waals surface area (Å²) in [4.78, 5) is 23.1. The van der Waals surface area contributed by atoms with Crippen LogP contribution in [0.5, 0.6) is 5.75 Å². The number of carbonyl (C=O) groups excluding carboxylic acids is 1. The summed E-state index contributed by atoms with van der Waals surface area (Å²) in [6.45, 7) is 4.36. The lowest BCUT2D eigenvalue weighted by Gasteiger charge is -2.50. The standard InChI is InChI=1S/C27H34ClN3O3S/c1-15-14-29-26(35-15)30-24(33)6-4-5-17-12-23(31-34-3)27(2)10-9-18-19(25(17)27)8-7-16-11-22(32)21(28)13-20(16)18/h11,13-14,17-19,25,32H,4-10,12H2,1-3H3,(H,29,30,33)/b31-23+/t17-,18?,19?,25?,27-/m1/s1. The summed E-state index contributed by atoms with van der Waals surface area (Å²) in [5.41, 5.74) is 3.78. The maximum absolute atomic E-state index is 12.5. The van der Waals surface area contributed by atoms with E-state index in [-0.39, 0.29) is 17.1 Å². The molecule has 6 nitrogen and oxygen atoms in total. The average molecular weight is 516 g/mol. The Labute approximate surface area is 216 Å². The molecule has 5 rings (SSSR count). The first-order chi connectivity index (χ1) is 16.8. The first-order valence-corrected chi connectivity index (χ1v) is 13.8. The topological polar surface area (TPSA) is 83.8 Å². The van der Waals surface area contributed by atoms with E-state index in [4.69, 9.17) is 16.4 Å². The second-order valence-electron chi connectivity index (χ2n) is 10.7. The van der Waals surface area contributed by atoms with Gasteiger partial charge in [-0.05, 0) is 98.8 Å². The third-order valence-corrected chi connectivity index (χ3v) is 9.85. The Bertz CT molecular complexity index is 1150. The number of phenols is 1. The van der Waals surface area contributed by atoms with E-state index < -0.39 is 0 Å². The number of anilines is 1. The predicted molar refractivity (Wildman–Crippen MR) is 140 cm³/mol. The molecular formula is C27H34ClN3O3S. The minimum absolute atomic E-state index is 0.0285. The van der Waals surface area contributed by atoms with Gasteiger partial charge in [-0.25, -0.2) is 4.98 Å². The zero-order valence-electron chi connectivity index (χ0n) is 20.6. The minimum atomic E-state index is 0.0285. The van der Waals surface area contributed by atoms with Gasteiger partial charge in [0, 0.05) is 22.9 Å². The first kappa shape index (κ1) is 24.6. The highest BCUT2D eigenvalue weighted by Gasteiger charge is 2.57. The van der Waals surface area contributed by atoms with E-state index in [0.29, 0.717) is 40.2 Å². The number of aromatic nitrogens is 1. The van der Waals surface area contributed by atoms with Gasteiger partial charge in [0.15, 0.2) is 5.13 Å². The van der Waals surface area contributed by atoms with Crippen LogP contribution >= 0.6 is 22.9 Å². The van der Waals surface area contributed by atoms with Crippen molar-refractivity contribution in [3.05, 3.63) is 39.4 Å². The number of hydrogen-bond acceptors (Lipinski definition) is 6. The van der Waals surface area contributed by atoms with Crippen molar-refractivity contribution in [1.29, 1.82) is 0 Å². The molecule has 2 fully saturated rings. The quantitative estimate of drug-likeness (QED) is 0.419. The molecule has 0 bridgehead atoms. The minimum Gasteiger partial charge on any atom is -0.506 e. The summed E-state index contributed by atoms with van der Waals surface area (Å²) in [6.07, 6.45) is 9.31. The number of rotatable bonds is 6. The molecule has 35 heavy (non-hydrogen) atoms. The lowest BCUT2D eigenvalue weighted by Crippen LogP contribution is -2.44. The number of aromatic hydroxyl groups is 1. The molecule has 0 spiro atoms. The van der Waals surface area contributed by atoms with Crippen LogP contribution in [0.15, 0.2) is 23.5 Å². The molecule has 1 amide bonds. The number of carbonyl (C=O) groups is 1. The van der Waals surface area contributed by atoms with Crippen molar-refractivity contribution in [3.8, 4) is 5.75 Å². The molecule has 8 heteroatoms.